The first-order chi connectivity index (χ1) is 8.08. The van der Waals surface area contributed by atoms with E-state index in [0.29, 0.717) is 16.5 Å². The van der Waals surface area contributed by atoms with Gasteiger partial charge in [-0.3, -0.25) is 0 Å². The summed E-state index contributed by atoms with van der Waals surface area (Å²) in [7, 11) is 0. The lowest BCUT2D eigenvalue weighted by molar-refractivity contribution is 0.145. The van der Waals surface area contributed by atoms with Crippen LogP contribution in [-0.2, 0) is 0 Å². The first kappa shape index (κ1) is 14.8. The van der Waals surface area contributed by atoms with Crippen molar-refractivity contribution in [3.05, 3.63) is 33.8 Å². The highest BCUT2D eigenvalue weighted by Gasteiger charge is 2.12. The van der Waals surface area contributed by atoms with Crippen molar-refractivity contribution in [2.45, 2.75) is 26.4 Å². The van der Waals surface area contributed by atoms with Gasteiger partial charge >= 0.3 is 0 Å². The number of aliphatic hydroxyl groups excluding tert-OH is 1. The van der Waals surface area contributed by atoms with E-state index in [1.807, 2.05) is 0 Å². The van der Waals surface area contributed by atoms with Crippen molar-refractivity contribution in [1.82, 2.24) is 4.90 Å². The summed E-state index contributed by atoms with van der Waals surface area (Å²) in [6.07, 6.45) is 0.156. The molecule has 0 amide bonds. The minimum absolute atomic E-state index is 0.527. The average molecular weight is 276 g/mol. The fourth-order valence-electron chi connectivity index (χ4n) is 1.77. The number of nitrogens with zero attached hydrogens (tertiary/aromatic N) is 1. The predicted octanol–water partition coefficient (Wildman–Crippen LogP) is 3.76. The maximum atomic E-state index is 10.1. The summed E-state index contributed by atoms with van der Waals surface area (Å²) in [5.74, 6) is 0. The molecule has 0 spiro atoms. The van der Waals surface area contributed by atoms with Crippen molar-refractivity contribution in [2.75, 3.05) is 19.6 Å². The van der Waals surface area contributed by atoms with Crippen LogP contribution < -0.4 is 0 Å². The maximum Gasteiger partial charge on any atom is 0.0816 e. The Balaban J connectivity index is 2.60. The van der Waals surface area contributed by atoms with Gasteiger partial charge in [-0.1, -0.05) is 43.1 Å². The Kier molecular flexibility index (Phi) is 6.28. The van der Waals surface area contributed by atoms with Crippen LogP contribution in [0.5, 0.6) is 0 Å². The number of rotatable bonds is 6. The number of halogens is 2. The Labute approximate surface area is 113 Å². The van der Waals surface area contributed by atoms with E-state index >= 15 is 0 Å². The van der Waals surface area contributed by atoms with Crippen LogP contribution in [0.25, 0.3) is 0 Å². The van der Waals surface area contributed by atoms with Gasteiger partial charge < -0.3 is 10.0 Å². The summed E-state index contributed by atoms with van der Waals surface area (Å²) >= 11 is 11.9. The highest BCUT2D eigenvalue weighted by molar-refractivity contribution is 6.35. The van der Waals surface area contributed by atoms with E-state index in [4.69, 9.17) is 23.2 Å². The van der Waals surface area contributed by atoms with E-state index in [-0.39, 0.29) is 0 Å². The van der Waals surface area contributed by atoms with Gasteiger partial charge in [-0.25, -0.2) is 0 Å². The van der Waals surface area contributed by atoms with E-state index in [1.54, 1.807) is 18.2 Å². The Morgan fingerprint density at radius 2 is 1.88 bits per heavy atom. The minimum Gasteiger partial charge on any atom is -0.388 e. The molecule has 1 atom stereocenters. The molecule has 1 rings (SSSR count). The summed E-state index contributed by atoms with van der Waals surface area (Å²) < 4.78 is 0. The van der Waals surface area contributed by atoms with Gasteiger partial charge in [-0.15, -0.1) is 0 Å². The van der Waals surface area contributed by atoms with Gasteiger partial charge in [0.2, 0.25) is 0 Å². The second-order valence-electron chi connectivity index (χ2n) is 4.00. The summed E-state index contributed by atoms with van der Waals surface area (Å²) in [5, 5.41) is 11.2. The van der Waals surface area contributed by atoms with E-state index in [0.717, 1.165) is 25.2 Å². The molecule has 1 unspecified atom stereocenters. The Morgan fingerprint density at radius 3 is 2.41 bits per heavy atom. The number of benzene rings is 1. The molecule has 0 aliphatic carbocycles. The van der Waals surface area contributed by atoms with Crippen LogP contribution in [0.15, 0.2) is 18.2 Å². The molecule has 1 N–H and O–H groups in total. The highest BCUT2D eigenvalue weighted by atomic mass is 35.5. The van der Waals surface area contributed by atoms with Gasteiger partial charge in [-0.2, -0.15) is 0 Å². The van der Waals surface area contributed by atoms with Crippen LogP contribution in [0, 0.1) is 0 Å². The summed E-state index contributed by atoms with van der Waals surface area (Å²) in [6, 6.07) is 5.21. The van der Waals surface area contributed by atoms with Crippen LogP contribution in [0.2, 0.25) is 10.0 Å². The normalized spacial score (nSPS) is 13.1. The summed E-state index contributed by atoms with van der Waals surface area (Å²) in [4.78, 5) is 2.27. The van der Waals surface area contributed by atoms with Crippen LogP contribution in [0.3, 0.4) is 0 Å². The van der Waals surface area contributed by atoms with Gasteiger partial charge in [0, 0.05) is 16.6 Å². The molecule has 0 radical (unpaired) electrons. The van der Waals surface area contributed by atoms with Gasteiger partial charge in [-0.05, 0) is 37.2 Å². The van der Waals surface area contributed by atoms with Gasteiger partial charge in [0.25, 0.3) is 0 Å². The Morgan fingerprint density at radius 1 is 1.24 bits per heavy atom. The van der Waals surface area contributed by atoms with Crippen LogP contribution in [0.4, 0.5) is 0 Å². The molecule has 1 aromatic carbocycles. The van der Waals surface area contributed by atoms with Crippen LogP contribution >= 0.6 is 23.2 Å². The van der Waals surface area contributed by atoms with Gasteiger partial charge in [0.05, 0.1) is 6.10 Å². The molecule has 0 bridgehead atoms. The molecule has 4 heteroatoms. The second-order valence-corrected chi connectivity index (χ2v) is 4.84. The second kappa shape index (κ2) is 7.22. The third-order valence-corrected chi connectivity index (χ3v) is 3.50. The van der Waals surface area contributed by atoms with E-state index in [9.17, 15) is 5.11 Å². The zero-order valence-electron chi connectivity index (χ0n) is 10.3. The third kappa shape index (κ3) is 4.47. The minimum atomic E-state index is -0.527. The van der Waals surface area contributed by atoms with Crippen molar-refractivity contribution in [3.63, 3.8) is 0 Å². The molecule has 96 valence electrons. The van der Waals surface area contributed by atoms with Crippen molar-refractivity contribution in [2.24, 2.45) is 0 Å². The van der Waals surface area contributed by atoms with Gasteiger partial charge in [0.1, 0.15) is 0 Å². The molecular weight excluding hydrogens is 257 g/mol. The zero-order chi connectivity index (χ0) is 12.8. The van der Waals surface area contributed by atoms with Gasteiger partial charge in [0.15, 0.2) is 0 Å². The smallest absolute Gasteiger partial charge is 0.0816 e. The third-order valence-electron chi connectivity index (χ3n) is 2.93. The number of hydrogen-bond acceptors (Lipinski definition) is 2. The molecule has 0 saturated carbocycles. The molecule has 0 aliphatic heterocycles. The fourth-order valence-corrected chi connectivity index (χ4v) is 2.31. The Bertz CT molecular complexity index is 353. The quantitative estimate of drug-likeness (QED) is 0.855. The maximum absolute atomic E-state index is 10.1. The molecule has 1 aromatic rings. The highest BCUT2D eigenvalue weighted by Crippen LogP contribution is 2.28. The topological polar surface area (TPSA) is 23.5 Å². The first-order valence-electron chi connectivity index (χ1n) is 5.93. The van der Waals surface area contributed by atoms with Crippen molar-refractivity contribution < 1.29 is 5.11 Å². The SMILES string of the molecule is CCN(CC)CCC(O)c1ccc(Cl)cc1Cl. The number of hydrogen-bond donors (Lipinski definition) is 1. The lowest BCUT2D eigenvalue weighted by Gasteiger charge is -2.20. The molecule has 17 heavy (non-hydrogen) atoms. The van der Waals surface area contributed by atoms with Crippen molar-refractivity contribution >= 4 is 23.2 Å². The largest absolute Gasteiger partial charge is 0.388 e. The predicted molar refractivity (Wildman–Crippen MR) is 73.8 cm³/mol. The Hall–Kier alpha value is -0.280. The molecule has 0 aromatic heterocycles. The number of aliphatic hydroxyl groups is 1. The lowest BCUT2D eigenvalue weighted by Crippen LogP contribution is -2.25. The molecule has 0 saturated heterocycles. The molecule has 0 heterocycles. The van der Waals surface area contributed by atoms with Crippen molar-refractivity contribution in [3.8, 4) is 0 Å². The fraction of sp³-hybridized carbons (Fsp3) is 0.538. The van der Waals surface area contributed by atoms with Crippen LogP contribution in [-0.4, -0.2) is 29.6 Å². The molecular formula is C13H19Cl2NO. The molecule has 2 nitrogen and oxygen atoms in total. The molecule has 0 aliphatic rings. The van der Waals surface area contributed by atoms with E-state index in [2.05, 4.69) is 18.7 Å². The monoisotopic (exact) mass is 275 g/mol. The zero-order valence-corrected chi connectivity index (χ0v) is 11.8. The standard InChI is InChI=1S/C13H19Cl2NO/c1-3-16(4-2)8-7-13(17)11-6-5-10(14)9-12(11)15/h5-6,9,13,17H,3-4,7-8H2,1-2H3. The summed E-state index contributed by atoms with van der Waals surface area (Å²) in [5.41, 5.74) is 0.753. The van der Waals surface area contributed by atoms with Crippen LogP contribution in [0.1, 0.15) is 31.9 Å². The van der Waals surface area contributed by atoms with E-state index < -0.39 is 6.10 Å². The first-order valence-corrected chi connectivity index (χ1v) is 6.69. The lowest BCUT2D eigenvalue weighted by atomic mass is 10.1. The molecule has 0 fully saturated rings. The van der Waals surface area contributed by atoms with E-state index in [1.165, 1.54) is 0 Å². The summed E-state index contributed by atoms with van der Waals surface area (Å²) in [6.45, 7) is 7.10. The van der Waals surface area contributed by atoms with Crippen molar-refractivity contribution in [1.29, 1.82) is 0 Å². The average Bonchev–Trinajstić information content (AvgIpc) is 2.30.